The molecule has 4 rings (SSSR count). The molecule has 0 spiro atoms. The van der Waals surface area contributed by atoms with Crippen LogP contribution in [0.4, 0.5) is 0 Å². The molecule has 0 aliphatic heterocycles. The maximum absolute atomic E-state index is 6.34. The summed E-state index contributed by atoms with van der Waals surface area (Å²) < 4.78 is 10.4. The van der Waals surface area contributed by atoms with Gasteiger partial charge in [-0.2, -0.15) is 0 Å². The van der Waals surface area contributed by atoms with E-state index in [2.05, 4.69) is 38.8 Å². The average Bonchev–Trinajstić information content (AvgIpc) is 3.40. The van der Waals surface area contributed by atoms with Crippen LogP contribution in [0.2, 0.25) is 5.02 Å². The number of halogens is 3. The summed E-state index contributed by atoms with van der Waals surface area (Å²) in [5, 5.41) is 0.758. The smallest absolute Gasteiger partial charge is 0.119 e. The lowest BCUT2D eigenvalue weighted by Crippen LogP contribution is -2.23. The highest BCUT2D eigenvalue weighted by molar-refractivity contribution is 6.30. The van der Waals surface area contributed by atoms with Gasteiger partial charge in [0.15, 0.2) is 0 Å². The fourth-order valence-electron chi connectivity index (χ4n) is 3.32. The van der Waals surface area contributed by atoms with Crippen LogP contribution in [-0.4, -0.2) is 25.2 Å². The van der Waals surface area contributed by atoms with Crippen LogP contribution < -0.4 is 4.74 Å². The number of aryl methyl sites for hydroxylation is 2. The zero-order valence-corrected chi connectivity index (χ0v) is 19.5. The summed E-state index contributed by atoms with van der Waals surface area (Å²) in [5.74, 6) is 1.81. The molecule has 0 bridgehead atoms. The Balaban J connectivity index is 0.00000171. The van der Waals surface area contributed by atoms with Crippen molar-refractivity contribution in [2.75, 3.05) is 0 Å². The summed E-state index contributed by atoms with van der Waals surface area (Å²) in [6, 6.07) is 16.1. The number of nitrogens with zero attached hydrogens (tertiary/aromatic N) is 4. The van der Waals surface area contributed by atoms with Gasteiger partial charge in [0.1, 0.15) is 17.7 Å². The molecule has 2 heterocycles. The van der Waals surface area contributed by atoms with Crippen LogP contribution >= 0.6 is 36.4 Å². The second kappa shape index (κ2) is 11.8. The van der Waals surface area contributed by atoms with Crippen LogP contribution in [0.15, 0.2) is 79.6 Å². The Bertz CT molecular complexity index is 1030. The minimum Gasteiger partial charge on any atom is -0.489 e. The second-order valence-electron chi connectivity index (χ2n) is 7.00. The molecule has 0 aliphatic carbocycles. The van der Waals surface area contributed by atoms with E-state index in [9.17, 15) is 0 Å². The number of rotatable bonds is 8. The van der Waals surface area contributed by atoms with E-state index in [1.807, 2.05) is 54.5 Å². The van der Waals surface area contributed by atoms with Crippen LogP contribution in [-0.2, 0) is 13.0 Å². The molecular weight excluding hydrogens is 455 g/mol. The number of imidazole rings is 2. The first-order chi connectivity index (χ1) is 14.2. The van der Waals surface area contributed by atoms with Gasteiger partial charge in [-0.25, -0.2) is 9.97 Å². The van der Waals surface area contributed by atoms with E-state index in [0.717, 1.165) is 41.7 Å². The van der Waals surface area contributed by atoms with Gasteiger partial charge in [0.2, 0.25) is 0 Å². The Morgan fingerprint density at radius 2 is 1.71 bits per heavy atom. The predicted molar refractivity (Wildman–Crippen MR) is 129 cm³/mol. The summed E-state index contributed by atoms with van der Waals surface area (Å²) in [7, 11) is 0. The molecule has 0 saturated heterocycles. The van der Waals surface area contributed by atoms with Gasteiger partial charge in [-0.1, -0.05) is 23.7 Å². The first-order valence-electron chi connectivity index (χ1n) is 9.64. The number of benzene rings is 2. The van der Waals surface area contributed by atoms with Crippen molar-refractivity contribution in [2.24, 2.45) is 0 Å². The summed E-state index contributed by atoms with van der Waals surface area (Å²) in [6.45, 7) is 2.73. The molecule has 8 heteroatoms. The van der Waals surface area contributed by atoms with Crippen molar-refractivity contribution in [3.63, 3.8) is 0 Å². The van der Waals surface area contributed by atoms with E-state index in [1.165, 1.54) is 5.56 Å². The van der Waals surface area contributed by atoms with Crippen molar-refractivity contribution in [1.29, 1.82) is 0 Å². The summed E-state index contributed by atoms with van der Waals surface area (Å²) in [5.41, 5.74) is 2.32. The number of hydrogen-bond acceptors (Lipinski definition) is 3. The average molecular weight is 480 g/mol. The molecule has 0 saturated carbocycles. The van der Waals surface area contributed by atoms with Crippen LogP contribution in [0.1, 0.15) is 17.8 Å². The van der Waals surface area contributed by atoms with Gasteiger partial charge in [-0.05, 0) is 61.7 Å². The predicted octanol–water partition coefficient (Wildman–Crippen LogP) is 5.95. The van der Waals surface area contributed by atoms with Crippen molar-refractivity contribution < 1.29 is 4.74 Å². The van der Waals surface area contributed by atoms with E-state index in [0.29, 0.717) is 0 Å². The SMILES string of the molecule is Cc1nccn1-c1ccc(OC(CCc2ccc(Cl)cc2)Cn2ccnc2)cc1.Cl.Cl. The van der Waals surface area contributed by atoms with E-state index in [-0.39, 0.29) is 30.9 Å². The zero-order chi connectivity index (χ0) is 20.1. The number of ether oxygens (including phenoxy) is 1. The molecule has 1 atom stereocenters. The molecule has 2 aromatic heterocycles. The molecule has 0 N–H and O–H groups in total. The van der Waals surface area contributed by atoms with Crippen LogP contribution in [0.3, 0.4) is 0 Å². The third-order valence-electron chi connectivity index (χ3n) is 4.89. The highest BCUT2D eigenvalue weighted by Gasteiger charge is 2.13. The van der Waals surface area contributed by atoms with E-state index in [4.69, 9.17) is 16.3 Å². The first-order valence-corrected chi connectivity index (χ1v) is 10.0. The van der Waals surface area contributed by atoms with E-state index >= 15 is 0 Å². The molecule has 0 fully saturated rings. The molecule has 0 radical (unpaired) electrons. The largest absolute Gasteiger partial charge is 0.489 e. The zero-order valence-electron chi connectivity index (χ0n) is 17.1. The fraction of sp³-hybridized carbons (Fsp3) is 0.217. The molecule has 0 aliphatic rings. The Morgan fingerprint density at radius 3 is 2.32 bits per heavy atom. The summed E-state index contributed by atoms with van der Waals surface area (Å²) in [6.07, 6.45) is 11.2. The van der Waals surface area contributed by atoms with Gasteiger partial charge in [0.25, 0.3) is 0 Å². The lowest BCUT2D eigenvalue weighted by Gasteiger charge is -2.20. The Labute approximate surface area is 199 Å². The normalized spacial score (nSPS) is 11.3. The first kappa shape index (κ1) is 24.8. The maximum atomic E-state index is 6.34. The quantitative estimate of drug-likeness (QED) is 0.313. The number of hydrogen-bond donors (Lipinski definition) is 0. The van der Waals surface area contributed by atoms with Gasteiger partial charge in [-0.3, -0.25) is 0 Å². The molecule has 2 aromatic carbocycles. The third-order valence-corrected chi connectivity index (χ3v) is 5.14. The van der Waals surface area contributed by atoms with E-state index < -0.39 is 0 Å². The Hall–Kier alpha value is -2.47. The van der Waals surface area contributed by atoms with Crippen LogP contribution in [0.5, 0.6) is 5.75 Å². The van der Waals surface area contributed by atoms with Gasteiger partial charge in [0, 0.05) is 35.5 Å². The molecule has 4 aromatic rings. The van der Waals surface area contributed by atoms with E-state index in [1.54, 1.807) is 12.4 Å². The summed E-state index contributed by atoms with van der Waals surface area (Å²) in [4.78, 5) is 8.42. The molecule has 0 amide bonds. The number of aromatic nitrogens is 4. The van der Waals surface area contributed by atoms with Gasteiger partial charge in [-0.15, -0.1) is 24.8 Å². The van der Waals surface area contributed by atoms with Gasteiger partial charge in [0.05, 0.1) is 12.9 Å². The highest BCUT2D eigenvalue weighted by Crippen LogP contribution is 2.20. The van der Waals surface area contributed by atoms with Gasteiger partial charge >= 0.3 is 0 Å². The van der Waals surface area contributed by atoms with Crippen molar-refractivity contribution in [3.05, 3.63) is 96.1 Å². The molecular formula is C23H25Cl3N4O. The molecule has 31 heavy (non-hydrogen) atoms. The molecule has 164 valence electrons. The lowest BCUT2D eigenvalue weighted by molar-refractivity contribution is 0.170. The molecule has 1 unspecified atom stereocenters. The van der Waals surface area contributed by atoms with Crippen LogP contribution in [0.25, 0.3) is 5.69 Å². The van der Waals surface area contributed by atoms with Crippen molar-refractivity contribution in [3.8, 4) is 11.4 Å². The monoisotopic (exact) mass is 478 g/mol. The van der Waals surface area contributed by atoms with Gasteiger partial charge < -0.3 is 13.9 Å². The standard InChI is InChI=1S/C23H23ClN4O.2ClH/c1-18-26-13-15-28(18)21-7-10-22(11-8-21)29-23(16-27-14-12-25-17-27)9-4-19-2-5-20(24)6-3-19;;/h2-3,5-8,10-15,17,23H,4,9,16H2,1H3;2*1H. The van der Waals surface area contributed by atoms with Crippen molar-refractivity contribution in [1.82, 2.24) is 19.1 Å². The maximum Gasteiger partial charge on any atom is 0.119 e. The lowest BCUT2D eigenvalue weighted by atomic mass is 10.1. The third kappa shape index (κ3) is 6.76. The summed E-state index contributed by atoms with van der Waals surface area (Å²) >= 11 is 6.00. The van der Waals surface area contributed by atoms with Crippen molar-refractivity contribution >= 4 is 36.4 Å². The Kier molecular flexibility index (Phi) is 9.44. The fourth-order valence-corrected chi connectivity index (χ4v) is 3.45. The minimum absolute atomic E-state index is 0. The topological polar surface area (TPSA) is 44.9 Å². The van der Waals surface area contributed by atoms with Crippen LogP contribution in [0, 0.1) is 6.92 Å². The highest BCUT2D eigenvalue weighted by atomic mass is 35.5. The minimum atomic E-state index is 0. The van der Waals surface area contributed by atoms with Crippen molar-refractivity contribution in [2.45, 2.75) is 32.4 Å². The second-order valence-corrected chi connectivity index (χ2v) is 7.44. The Morgan fingerprint density at radius 1 is 0.968 bits per heavy atom. The molecule has 5 nitrogen and oxygen atoms in total.